The summed E-state index contributed by atoms with van der Waals surface area (Å²) < 4.78 is 33.4. The van der Waals surface area contributed by atoms with Crippen molar-refractivity contribution in [2.24, 2.45) is 5.92 Å². The standard InChI is InChI=1S/C19H29BrN2O4S/c1-2-3-13-26-14-5-11-21-19(23)16-6-4-12-22(15-16)27(24,25)18-9-7-17(20)8-10-18/h7-10,16H,2-6,11-15H2,1H3,(H,21,23). The van der Waals surface area contributed by atoms with E-state index in [9.17, 15) is 13.2 Å². The van der Waals surface area contributed by atoms with E-state index in [2.05, 4.69) is 28.2 Å². The van der Waals surface area contributed by atoms with Crippen molar-refractivity contribution in [1.82, 2.24) is 9.62 Å². The summed E-state index contributed by atoms with van der Waals surface area (Å²) in [5.41, 5.74) is 0. The van der Waals surface area contributed by atoms with Crippen LogP contribution in [0.5, 0.6) is 0 Å². The largest absolute Gasteiger partial charge is 0.381 e. The first-order valence-corrected chi connectivity index (χ1v) is 11.8. The second kappa shape index (κ2) is 11.1. The van der Waals surface area contributed by atoms with E-state index < -0.39 is 10.0 Å². The lowest BCUT2D eigenvalue weighted by molar-refractivity contribution is -0.126. The lowest BCUT2D eigenvalue weighted by Crippen LogP contribution is -2.45. The van der Waals surface area contributed by atoms with Gasteiger partial charge < -0.3 is 10.1 Å². The summed E-state index contributed by atoms with van der Waals surface area (Å²) in [4.78, 5) is 12.7. The van der Waals surface area contributed by atoms with Crippen molar-refractivity contribution in [2.75, 3.05) is 32.8 Å². The van der Waals surface area contributed by atoms with Gasteiger partial charge in [-0.25, -0.2) is 8.42 Å². The molecule has 0 aromatic heterocycles. The Morgan fingerprint density at radius 3 is 2.67 bits per heavy atom. The molecule has 27 heavy (non-hydrogen) atoms. The van der Waals surface area contributed by atoms with Gasteiger partial charge in [0.05, 0.1) is 10.8 Å². The molecule has 6 nitrogen and oxygen atoms in total. The number of unbranched alkanes of at least 4 members (excludes halogenated alkanes) is 1. The summed E-state index contributed by atoms with van der Waals surface area (Å²) in [6.45, 7) is 4.75. The van der Waals surface area contributed by atoms with Crippen molar-refractivity contribution in [3.63, 3.8) is 0 Å². The van der Waals surface area contributed by atoms with Crippen LogP contribution in [0.2, 0.25) is 0 Å². The van der Waals surface area contributed by atoms with E-state index in [4.69, 9.17) is 4.74 Å². The smallest absolute Gasteiger partial charge is 0.243 e. The zero-order valence-corrected chi connectivity index (χ0v) is 18.2. The second-order valence-electron chi connectivity index (χ2n) is 6.77. The number of piperidine rings is 1. The van der Waals surface area contributed by atoms with Gasteiger partial charge in [-0.3, -0.25) is 4.79 Å². The molecule has 1 heterocycles. The fourth-order valence-electron chi connectivity index (χ4n) is 3.01. The summed E-state index contributed by atoms with van der Waals surface area (Å²) in [5, 5.41) is 2.92. The highest BCUT2D eigenvalue weighted by atomic mass is 79.9. The van der Waals surface area contributed by atoms with E-state index in [1.807, 2.05) is 0 Å². The maximum absolute atomic E-state index is 12.8. The van der Waals surface area contributed by atoms with Crippen LogP contribution < -0.4 is 5.32 Å². The maximum atomic E-state index is 12.8. The third-order valence-electron chi connectivity index (χ3n) is 4.61. The van der Waals surface area contributed by atoms with E-state index in [-0.39, 0.29) is 23.3 Å². The van der Waals surface area contributed by atoms with Crippen LogP contribution in [0.1, 0.15) is 39.0 Å². The first-order valence-electron chi connectivity index (χ1n) is 9.56. The summed E-state index contributed by atoms with van der Waals surface area (Å²) in [5.74, 6) is -0.371. The highest BCUT2D eigenvalue weighted by Crippen LogP contribution is 2.24. The molecule has 152 valence electrons. The van der Waals surface area contributed by atoms with Gasteiger partial charge in [0.15, 0.2) is 0 Å². The molecule has 0 saturated carbocycles. The first-order chi connectivity index (χ1) is 12.9. The Labute approximate surface area is 170 Å². The van der Waals surface area contributed by atoms with Gasteiger partial charge in [-0.2, -0.15) is 4.31 Å². The molecule has 1 aliphatic heterocycles. The number of amides is 1. The van der Waals surface area contributed by atoms with Gasteiger partial charge in [-0.15, -0.1) is 0 Å². The molecule has 1 aromatic rings. The predicted octanol–water partition coefficient (Wildman–Crippen LogP) is 3.17. The van der Waals surface area contributed by atoms with Crippen molar-refractivity contribution >= 4 is 31.9 Å². The SMILES string of the molecule is CCCCOCCCNC(=O)C1CCCN(S(=O)(=O)c2ccc(Br)cc2)C1. The van der Waals surface area contributed by atoms with Crippen LogP contribution in [-0.2, 0) is 19.6 Å². The summed E-state index contributed by atoms with van der Waals surface area (Å²) in [6.07, 6.45) is 4.33. The molecular formula is C19H29BrN2O4S. The average molecular weight is 461 g/mol. The Hall–Kier alpha value is -0.960. The highest BCUT2D eigenvalue weighted by molar-refractivity contribution is 9.10. The molecule has 0 bridgehead atoms. The minimum Gasteiger partial charge on any atom is -0.381 e. The van der Waals surface area contributed by atoms with Gasteiger partial charge in [0, 0.05) is 37.3 Å². The zero-order valence-electron chi connectivity index (χ0n) is 15.8. The van der Waals surface area contributed by atoms with Gasteiger partial charge >= 0.3 is 0 Å². The summed E-state index contributed by atoms with van der Waals surface area (Å²) in [6, 6.07) is 6.59. The molecular weight excluding hydrogens is 432 g/mol. The number of rotatable bonds is 10. The summed E-state index contributed by atoms with van der Waals surface area (Å²) in [7, 11) is -3.57. The molecule has 1 fully saturated rings. The predicted molar refractivity (Wildman–Crippen MR) is 109 cm³/mol. The number of nitrogens with zero attached hydrogens (tertiary/aromatic N) is 1. The van der Waals surface area contributed by atoms with Gasteiger partial charge in [0.1, 0.15) is 0 Å². The molecule has 1 aliphatic rings. The van der Waals surface area contributed by atoms with E-state index in [1.165, 1.54) is 4.31 Å². The van der Waals surface area contributed by atoms with E-state index >= 15 is 0 Å². The molecule has 0 radical (unpaired) electrons. The van der Waals surface area contributed by atoms with Gasteiger partial charge in [0.2, 0.25) is 15.9 Å². The van der Waals surface area contributed by atoms with Crippen molar-refractivity contribution < 1.29 is 17.9 Å². The molecule has 1 atom stereocenters. The normalized spacial score (nSPS) is 18.4. The molecule has 0 aliphatic carbocycles. The van der Waals surface area contributed by atoms with Crippen molar-refractivity contribution in [3.8, 4) is 0 Å². The number of benzene rings is 1. The monoisotopic (exact) mass is 460 g/mol. The Bertz CT molecular complexity index is 694. The van der Waals surface area contributed by atoms with Crippen LogP contribution in [0.3, 0.4) is 0 Å². The maximum Gasteiger partial charge on any atom is 0.243 e. The number of sulfonamides is 1. The Balaban J connectivity index is 1.82. The molecule has 8 heteroatoms. The average Bonchev–Trinajstić information content (AvgIpc) is 2.67. The molecule has 1 saturated heterocycles. The molecule has 1 N–H and O–H groups in total. The number of hydrogen-bond donors (Lipinski definition) is 1. The third kappa shape index (κ3) is 6.85. The van der Waals surface area contributed by atoms with Crippen LogP contribution in [0.15, 0.2) is 33.6 Å². The van der Waals surface area contributed by atoms with Gasteiger partial charge in [-0.1, -0.05) is 29.3 Å². The van der Waals surface area contributed by atoms with Gasteiger partial charge in [0.25, 0.3) is 0 Å². The third-order valence-corrected chi connectivity index (χ3v) is 7.02. The number of ether oxygens (including phenoxy) is 1. The Kier molecular flexibility index (Phi) is 9.21. The molecule has 1 unspecified atom stereocenters. The fourth-order valence-corrected chi connectivity index (χ4v) is 4.80. The summed E-state index contributed by atoms with van der Waals surface area (Å²) >= 11 is 3.31. The lowest BCUT2D eigenvalue weighted by Gasteiger charge is -2.31. The molecule has 0 spiro atoms. The number of hydrogen-bond acceptors (Lipinski definition) is 4. The number of carbonyl (C=O) groups is 1. The zero-order chi connectivity index (χ0) is 19.7. The van der Waals surface area contributed by atoms with Crippen LogP contribution in [0, 0.1) is 5.92 Å². The van der Waals surface area contributed by atoms with Crippen molar-refractivity contribution in [3.05, 3.63) is 28.7 Å². The van der Waals surface area contributed by atoms with E-state index in [1.54, 1.807) is 24.3 Å². The number of carbonyl (C=O) groups excluding carboxylic acids is 1. The van der Waals surface area contributed by atoms with Crippen molar-refractivity contribution in [1.29, 1.82) is 0 Å². The van der Waals surface area contributed by atoms with E-state index in [0.29, 0.717) is 32.5 Å². The Morgan fingerprint density at radius 2 is 1.96 bits per heavy atom. The van der Waals surface area contributed by atoms with E-state index in [0.717, 1.165) is 30.3 Å². The van der Waals surface area contributed by atoms with Gasteiger partial charge in [-0.05, 0) is 49.9 Å². The topological polar surface area (TPSA) is 75.7 Å². The second-order valence-corrected chi connectivity index (χ2v) is 9.62. The van der Waals surface area contributed by atoms with Crippen LogP contribution in [-0.4, -0.2) is 51.5 Å². The minimum atomic E-state index is -3.57. The lowest BCUT2D eigenvalue weighted by atomic mass is 9.99. The van der Waals surface area contributed by atoms with Crippen molar-refractivity contribution in [2.45, 2.75) is 43.9 Å². The number of halogens is 1. The van der Waals surface area contributed by atoms with Crippen LogP contribution >= 0.6 is 15.9 Å². The van der Waals surface area contributed by atoms with Crippen LogP contribution in [0.25, 0.3) is 0 Å². The first kappa shape index (κ1) is 22.3. The molecule has 2 rings (SSSR count). The quantitative estimate of drug-likeness (QED) is 0.544. The Morgan fingerprint density at radius 1 is 1.26 bits per heavy atom. The molecule has 1 amide bonds. The molecule has 1 aromatic carbocycles. The highest BCUT2D eigenvalue weighted by Gasteiger charge is 2.33. The number of nitrogens with one attached hydrogen (secondary N) is 1. The van der Waals surface area contributed by atoms with Crippen LogP contribution in [0.4, 0.5) is 0 Å². The fraction of sp³-hybridized carbons (Fsp3) is 0.632. The minimum absolute atomic E-state index is 0.0701.